The van der Waals surface area contributed by atoms with Crippen LogP contribution in [0, 0.1) is 18.3 Å². The van der Waals surface area contributed by atoms with E-state index >= 15 is 0 Å². The maximum Gasteiger partial charge on any atom is 0.228 e. The number of carbonyl (C=O) groups is 1. The normalized spacial score (nSPS) is 19.9. The van der Waals surface area contributed by atoms with Gasteiger partial charge in [-0.25, -0.2) is 0 Å². The number of rotatable bonds is 1. The summed E-state index contributed by atoms with van der Waals surface area (Å²) in [5, 5.41) is 9.17. The number of hydrogen-bond acceptors (Lipinski definition) is 3. The molecule has 1 aromatic carbocycles. The predicted molar refractivity (Wildman–Crippen MR) is 65.6 cm³/mol. The maximum absolute atomic E-state index is 11.7. The SMILES string of the molecule is Cc1cccc(N2CC(S)CC2=O)c1C#N. The van der Waals surface area contributed by atoms with Gasteiger partial charge in [0.25, 0.3) is 0 Å². The van der Waals surface area contributed by atoms with Gasteiger partial charge in [-0.3, -0.25) is 4.79 Å². The van der Waals surface area contributed by atoms with Crippen molar-refractivity contribution in [1.82, 2.24) is 0 Å². The lowest BCUT2D eigenvalue weighted by atomic mass is 10.1. The molecule has 1 saturated heterocycles. The van der Waals surface area contributed by atoms with Gasteiger partial charge in [0, 0.05) is 18.2 Å². The molecule has 82 valence electrons. The van der Waals surface area contributed by atoms with Crippen LogP contribution in [0.25, 0.3) is 0 Å². The lowest BCUT2D eigenvalue weighted by Gasteiger charge is -2.18. The number of amides is 1. The Labute approximate surface area is 100 Å². The van der Waals surface area contributed by atoms with Crippen molar-refractivity contribution in [3.63, 3.8) is 0 Å². The van der Waals surface area contributed by atoms with E-state index < -0.39 is 0 Å². The minimum Gasteiger partial charge on any atom is -0.310 e. The summed E-state index contributed by atoms with van der Waals surface area (Å²) in [4.78, 5) is 13.4. The first kappa shape index (κ1) is 11.0. The molecule has 1 aliphatic heterocycles. The number of thiol groups is 1. The van der Waals surface area contributed by atoms with Crippen molar-refractivity contribution in [2.24, 2.45) is 0 Å². The Morgan fingerprint density at radius 2 is 2.31 bits per heavy atom. The molecule has 0 spiro atoms. The zero-order valence-electron chi connectivity index (χ0n) is 8.97. The van der Waals surface area contributed by atoms with Gasteiger partial charge in [-0.2, -0.15) is 17.9 Å². The summed E-state index contributed by atoms with van der Waals surface area (Å²) in [6.45, 7) is 2.46. The molecule has 2 rings (SSSR count). The molecule has 16 heavy (non-hydrogen) atoms. The monoisotopic (exact) mass is 232 g/mol. The zero-order chi connectivity index (χ0) is 11.7. The average Bonchev–Trinajstić information content (AvgIpc) is 2.57. The van der Waals surface area contributed by atoms with Gasteiger partial charge < -0.3 is 4.90 Å². The lowest BCUT2D eigenvalue weighted by Crippen LogP contribution is -2.25. The van der Waals surface area contributed by atoms with Crippen LogP contribution >= 0.6 is 12.6 Å². The lowest BCUT2D eigenvalue weighted by molar-refractivity contribution is -0.117. The first-order valence-corrected chi connectivity index (χ1v) is 5.63. The molecule has 4 heteroatoms. The van der Waals surface area contributed by atoms with Crippen molar-refractivity contribution >= 4 is 24.2 Å². The van der Waals surface area contributed by atoms with E-state index in [-0.39, 0.29) is 11.2 Å². The average molecular weight is 232 g/mol. The number of carbonyl (C=O) groups excluding carboxylic acids is 1. The second kappa shape index (κ2) is 4.18. The largest absolute Gasteiger partial charge is 0.310 e. The molecule has 0 radical (unpaired) electrons. The first-order valence-electron chi connectivity index (χ1n) is 5.11. The topological polar surface area (TPSA) is 44.1 Å². The fourth-order valence-electron chi connectivity index (χ4n) is 1.94. The van der Waals surface area contributed by atoms with Crippen molar-refractivity contribution in [3.05, 3.63) is 29.3 Å². The maximum atomic E-state index is 11.7. The van der Waals surface area contributed by atoms with Crippen LogP contribution in [0.5, 0.6) is 0 Å². The second-order valence-corrected chi connectivity index (χ2v) is 4.67. The number of aryl methyl sites for hydroxylation is 1. The molecule has 1 unspecified atom stereocenters. The number of nitrogens with zero attached hydrogens (tertiary/aromatic N) is 2. The summed E-state index contributed by atoms with van der Waals surface area (Å²) >= 11 is 4.31. The Balaban J connectivity index is 2.45. The third-order valence-corrected chi connectivity index (χ3v) is 3.10. The first-order chi connectivity index (χ1) is 7.63. The van der Waals surface area contributed by atoms with Gasteiger partial charge >= 0.3 is 0 Å². The van der Waals surface area contributed by atoms with Gasteiger partial charge in [0.2, 0.25) is 5.91 Å². The summed E-state index contributed by atoms with van der Waals surface area (Å²) in [5.74, 6) is 0.0436. The molecule has 1 heterocycles. The van der Waals surface area contributed by atoms with E-state index in [0.717, 1.165) is 5.56 Å². The van der Waals surface area contributed by atoms with E-state index in [0.29, 0.717) is 24.2 Å². The highest BCUT2D eigenvalue weighted by Gasteiger charge is 2.29. The van der Waals surface area contributed by atoms with Crippen LogP contribution in [0.4, 0.5) is 5.69 Å². The van der Waals surface area contributed by atoms with Crippen LogP contribution in [0.1, 0.15) is 17.5 Å². The molecule has 1 amide bonds. The van der Waals surface area contributed by atoms with E-state index in [4.69, 9.17) is 5.26 Å². The van der Waals surface area contributed by atoms with Crippen LogP contribution in [-0.2, 0) is 4.79 Å². The minimum atomic E-state index is 0.0436. The van der Waals surface area contributed by atoms with E-state index in [1.165, 1.54) is 0 Å². The number of nitriles is 1. The molecule has 0 saturated carbocycles. The third kappa shape index (κ3) is 1.79. The van der Waals surface area contributed by atoms with Crippen molar-refractivity contribution < 1.29 is 4.79 Å². The fourth-order valence-corrected chi connectivity index (χ4v) is 2.26. The number of benzene rings is 1. The van der Waals surface area contributed by atoms with Crippen LogP contribution < -0.4 is 4.90 Å². The highest BCUT2D eigenvalue weighted by molar-refractivity contribution is 7.81. The van der Waals surface area contributed by atoms with Crippen LogP contribution in [0.3, 0.4) is 0 Å². The van der Waals surface area contributed by atoms with Crippen LogP contribution in [0.15, 0.2) is 18.2 Å². The molecule has 3 nitrogen and oxygen atoms in total. The van der Waals surface area contributed by atoms with Gasteiger partial charge in [0.15, 0.2) is 0 Å². The molecule has 0 aliphatic carbocycles. The molecular weight excluding hydrogens is 220 g/mol. The van der Waals surface area contributed by atoms with E-state index in [9.17, 15) is 4.79 Å². The summed E-state index contributed by atoms with van der Waals surface area (Å²) in [6.07, 6.45) is 0.446. The molecule has 0 aromatic heterocycles. The van der Waals surface area contributed by atoms with Gasteiger partial charge in [-0.05, 0) is 18.6 Å². The Kier molecular flexibility index (Phi) is 2.88. The molecule has 1 aliphatic rings. The highest BCUT2D eigenvalue weighted by atomic mass is 32.1. The van der Waals surface area contributed by atoms with Crippen molar-refractivity contribution in [3.8, 4) is 6.07 Å². The van der Waals surface area contributed by atoms with Gasteiger partial charge in [-0.1, -0.05) is 12.1 Å². The van der Waals surface area contributed by atoms with Gasteiger partial charge in [0.1, 0.15) is 6.07 Å². The quantitative estimate of drug-likeness (QED) is 0.752. The van der Waals surface area contributed by atoms with E-state index in [1.54, 1.807) is 4.90 Å². The number of hydrogen-bond donors (Lipinski definition) is 1. The van der Waals surface area contributed by atoms with E-state index in [2.05, 4.69) is 18.7 Å². The molecule has 1 atom stereocenters. The zero-order valence-corrected chi connectivity index (χ0v) is 9.87. The van der Waals surface area contributed by atoms with Gasteiger partial charge in [-0.15, -0.1) is 0 Å². The molecule has 0 N–H and O–H groups in total. The third-order valence-electron chi connectivity index (χ3n) is 2.76. The predicted octanol–water partition coefficient (Wildman–Crippen LogP) is 1.90. The van der Waals surface area contributed by atoms with Crippen LogP contribution in [0.2, 0.25) is 0 Å². The van der Waals surface area contributed by atoms with Crippen molar-refractivity contribution in [2.45, 2.75) is 18.6 Å². The second-order valence-electron chi connectivity index (χ2n) is 3.94. The Morgan fingerprint density at radius 3 is 2.88 bits per heavy atom. The Hall–Kier alpha value is -1.47. The summed E-state index contributed by atoms with van der Waals surface area (Å²) in [6, 6.07) is 7.71. The minimum absolute atomic E-state index is 0.0436. The molecule has 0 bridgehead atoms. The Morgan fingerprint density at radius 1 is 1.56 bits per heavy atom. The Bertz CT molecular complexity index is 478. The summed E-state index contributed by atoms with van der Waals surface area (Å²) in [5.41, 5.74) is 2.19. The van der Waals surface area contributed by atoms with Crippen LogP contribution in [-0.4, -0.2) is 17.7 Å². The van der Waals surface area contributed by atoms with Gasteiger partial charge in [0.05, 0.1) is 11.3 Å². The molecular formula is C12H12N2OS. The fraction of sp³-hybridized carbons (Fsp3) is 0.333. The smallest absolute Gasteiger partial charge is 0.228 e. The highest BCUT2D eigenvalue weighted by Crippen LogP contribution is 2.28. The standard InChI is InChI=1S/C12H12N2OS/c1-8-3-2-4-11(10(8)6-13)14-7-9(16)5-12(14)15/h2-4,9,16H,5,7H2,1H3. The van der Waals surface area contributed by atoms with Crippen molar-refractivity contribution in [1.29, 1.82) is 5.26 Å². The summed E-state index contributed by atoms with van der Waals surface area (Å²) < 4.78 is 0. The van der Waals surface area contributed by atoms with E-state index in [1.807, 2.05) is 25.1 Å². The number of anilines is 1. The molecule has 1 fully saturated rings. The summed E-state index contributed by atoms with van der Waals surface area (Å²) in [7, 11) is 0. The van der Waals surface area contributed by atoms with Crippen molar-refractivity contribution in [2.75, 3.05) is 11.4 Å². The molecule has 1 aromatic rings.